The Morgan fingerprint density at radius 2 is 1.81 bits per heavy atom. The summed E-state index contributed by atoms with van der Waals surface area (Å²) in [6.07, 6.45) is 8.06. The van der Waals surface area contributed by atoms with Crippen molar-refractivity contribution in [2.75, 3.05) is 6.54 Å². The maximum atomic E-state index is 12.6. The topological polar surface area (TPSA) is 55.1 Å². The number of carbonyl (C=O) groups excluding carboxylic acids is 1. The molecule has 0 spiro atoms. The average molecular weight is 294 g/mol. The quantitative estimate of drug-likeness (QED) is 0.835. The smallest absolute Gasteiger partial charge is 0.223 e. The Morgan fingerprint density at radius 3 is 2.38 bits per heavy atom. The Balaban J connectivity index is 1.88. The van der Waals surface area contributed by atoms with E-state index in [1.54, 1.807) is 0 Å². The Kier molecular flexibility index (Phi) is 6.09. The van der Waals surface area contributed by atoms with Gasteiger partial charge in [-0.05, 0) is 68.7 Å². The van der Waals surface area contributed by atoms with Gasteiger partial charge in [0.2, 0.25) is 5.91 Å². The van der Waals surface area contributed by atoms with Gasteiger partial charge in [-0.15, -0.1) is 0 Å². The summed E-state index contributed by atoms with van der Waals surface area (Å²) < 4.78 is 0. The van der Waals surface area contributed by atoms with Gasteiger partial charge >= 0.3 is 0 Å². The van der Waals surface area contributed by atoms with Gasteiger partial charge in [-0.25, -0.2) is 0 Å². The second-order valence-electron chi connectivity index (χ2n) is 7.89. The highest BCUT2D eigenvalue weighted by atomic mass is 16.1. The van der Waals surface area contributed by atoms with Gasteiger partial charge in [0, 0.05) is 12.0 Å². The summed E-state index contributed by atoms with van der Waals surface area (Å²) in [4.78, 5) is 12.6. The molecular weight excluding hydrogens is 260 g/mol. The van der Waals surface area contributed by atoms with Crippen LogP contribution in [0.1, 0.15) is 65.7 Å². The second kappa shape index (κ2) is 7.62. The van der Waals surface area contributed by atoms with Crippen molar-refractivity contribution in [2.24, 2.45) is 35.3 Å². The number of nitrogens with two attached hydrogens (primary N) is 1. The lowest BCUT2D eigenvalue weighted by Crippen LogP contribution is -2.48. The van der Waals surface area contributed by atoms with Gasteiger partial charge in [0.05, 0.1) is 0 Å². The molecule has 2 saturated carbocycles. The Hall–Kier alpha value is -0.570. The molecular formula is C18H34N2O. The molecule has 0 aromatic carbocycles. The van der Waals surface area contributed by atoms with Crippen molar-refractivity contribution in [3.8, 4) is 0 Å². The minimum Gasteiger partial charge on any atom is -0.353 e. The number of amides is 1. The maximum Gasteiger partial charge on any atom is 0.223 e. The predicted molar refractivity (Wildman–Crippen MR) is 87.8 cm³/mol. The lowest BCUT2D eigenvalue weighted by atomic mass is 9.73. The van der Waals surface area contributed by atoms with E-state index < -0.39 is 0 Å². The molecule has 2 fully saturated rings. The summed E-state index contributed by atoms with van der Waals surface area (Å²) in [5.41, 5.74) is 5.74. The molecule has 3 nitrogen and oxygen atoms in total. The van der Waals surface area contributed by atoms with Crippen molar-refractivity contribution in [3.63, 3.8) is 0 Å². The molecule has 0 bridgehead atoms. The van der Waals surface area contributed by atoms with Crippen LogP contribution in [0.2, 0.25) is 0 Å². The van der Waals surface area contributed by atoms with E-state index in [1.165, 1.54) is 12.8 Å². The molecule has 3 atom stereocenters. The molecule has 0 aromatic heterocycles. The van der Waals surface area contributed by atoms with Crippen molar-refractivity contribution in [2.45, 2.75) is 71.8 Å². The van der Waals surface area contributed by atoms with Crippen LogP contribution in [0.5, 0.6) is 0 Å². The average Bonchev–Trinajstić information content (AvgIpc) is 2.47. The first-order valence-electron chi connectivity index (χ1n) is 9.01. The maximum absolute atomic E-state index is 12.6. The first-order chi connectivity index (χ1) is 10.0. The van der Waals surface area contributed by atoms with Gasteiger partial charge in [-0.3, -0.25) is 4.79 Å². The van der Waals surface area contributed by atoms with E-state index >= 15 is 0 Å². The molecule has 21 heavy (non-hydrogen) atoms. The summed E-state index contributed by atoms with van der Waals surface area (Å²) >= 11 is 0. The third kappa shape index (κ3) is 4.45. The van der Waals surface area contributed by atoms with Crippen LogP contribution in [0.3, 0.4) is 0 Å². The largest absolute Gasteiger partial charge is 0.353 e. The van der Waals surface area contributed by atoms with Gasteiger partial charge in [-0.1, -0.05) is 27.2 Å². The molecule has 3 unspecified atom stereocenters. The summed E-state index contributed by atoms with van der Waals surface area (Å²) in [7, 11) is 0. The molecule has 0 saturated heterocycles. The van der Waals surface area contributed by atoms with E-state index in [9.17, 15) is 4.79 Å². The SMILES string of the molecule is CC1CCC(C(C)C)C(NC(=O)C2CCC(CN)CC2)C1. The fourth-order valence-electron chi connectivity index (χ4n) is 4.33. The fourth-order valence-corrected chi connectivity index (χ4v) is 4.33. The lowest BCUT2D eigenvalue weighted by Gasteiger charge is -2.39. The zero-order chi connectivity index (χ0) is 15.4. The van der Waals surface area contributed by atoms with E-state index in [0.717, 1.165) is 44.6 Å². The lowest BCUT2D eigenvalue weighted by molar-refractivity contribution is -0.127. The number of hydrogen-bond acceptors (Lipinski definition) is 2. The van der Waals surface area contributed by atoms with Gasteiger partial charge in [0.25, 0.3) is 0 Å². The number of carbonyl (C=O) groups is 1. The van der Waals surface area contributed by atoms with Crippen molar-refractivity contribution >= 4 is 5.91 Å². The summed E-state index contributed by atoms with van der Waals surface area (Å²) in [6.45, 7) is 7.70. The molecule has 0 aliphatic heterocycles. The third-order valence-corrected chi connectivity index (χ3v) is 5.90. The molecule has 0 radical (unpaired) electrons. The predicted octanol–water partition coefficient (Wildman–Crippen LogP) is 3.33. The van der Waals surface area contributed by atoms with Crippen LogP contribution in [0, 0.1) is 29.6 Å². The van der Waals surface area contributed by atoms with E-state index in [0.29, 0.717) is 29.7 Å². The standard InChI is InChI=1S/C18H34N2O/c1-12(2)16-9-4-13(3)10-17(16)20-18(21)15-7-5-14(11-19)6-8-15/h12-17H,4-11,19H2,1-3H3,(H,20,21). The van der Waals surface area contributed by atoms with Crippen LogP contribution < -0.4 is 11.1 Å². The van der Waals surface area contributed by atoms with Crippen LogP contribution in [-0.2, 0) is 4.79 Å². The summed E-state index contributed by atoms with van der Waals surface area (Å²) in [6, 6.07) is 0.397. The first-order valence-corrected chi connectivity index (χ1v) is 9.01. The molecule has 3 N–H and O–H groups in total. The first kappa shape index (κ1) is 16.8. The van der Waals surface area contributed by atoms with Crippen molar-refractivity contribution < 1.29 is 4.79 Å². The van der Waals surface area contributed by atoms with Gasteiger partial charge in [0.1, 0.15) is 0 Å². The van der Waals surface area contributed by atoms with Crippen molar-refractivity contribution in [3.05, 3.63) is 0 Å². The molecule has 2 aliphatic rings. The molecule has 2 rings (SSSR count). The normalized spacial score (nSPS) is 37.5. The zero-order valence-corrected chi connectivity index (χ0v) is 14.1. The number of rotatable bonds is 4. The summed E-state index contributed by atoms with van der Waals surface area (Å²) in [5, 5.41) is 3.41. The zero-order valence-electron chi connectivity index (χ0n) is 14.1. The molecule has 1 amide bonds. The Morgan fingerprint density at radius 1 is 1.14 bits per heavy atom. The molecule has 0 heterocycles. The Bertz CT molecular complexity index is 334. The molecule has 3 heteroatoms. The number of hydrogen-bond donors (Lipinski definition) is 2. The van der Waals surface area contributed by atoms with Crippen LogP contribution in [0.15, 0.2) is 0 Å². The van der Waals surface area contributed by atoms with Crippen LogP contribution in [0.25, 0.3) is 0 Å². The van der Waals surface area contributed by atoms with E-state index in [1.807, 2.05) is 0 Å². The van der Waals surface area contributed by atoms with Crippen molar-refractivity contribution in [1.29, 1.82) is 0 Å². The minimum absolute atomic E-state index is 0.234. The van der Waals surface area contributed by atoms with Gasteiger partial charge in [-0.2, -0.15) is 0 Å². The van der Waals surface area contributed by atoms with E-state index in [-0.39, 0.29) is 5.92 Å². The van der Waals surface area contributed by atoms with Crippen LogP contribution in [-0.4, -0.2) is 18.5 Å². The van der Waals surface area contributed by atoms with E-state index in [2.05, 4.69) is 26.1 Å². The van der Waals surface area contributed by atoms with Gasteiger partial charge < -0.3 is 11.1 Å². The second-order valence-corrected chi connectivity index (χ2v) is 7.89. The highest BCUT2D eigenvalue weighted by Gasteiger charge is 2.34. The molecule has 122 valence electrons. The highest BCUT2D eigenvalue weighted by Crippen LogP contribution is 2.34. The van der Waals surface area contributed by atoms with Crippen LogP contribution >= 0.6 is 0 Å². The fraction of sp³-hybridized carbons (Fsp3) is 0.944. The minimum atomic E-state index is 0.234. The van der Waals surface area contributed by atoms with Crippen molar-refractivity contribution in [1.82, 2.24) is 5.32 Å². The monoisotopic (exact) mass is 294 g/mol. The van der Waals surface area contributed by atoms with Crippen LogP contribution in [0.4, 0.5) is 0 Å². The molecule has 0 aromatic rings. The third-order valence-electron chi connectivity index (χ3n) is 5.90. The summed E-state index contributed by atoms with van der Waals surface area (Å²) in [5.74, 6) is 3.26. The van der Waals surface area contributed by atoms with Gasteiger partial charge in [0.15, 0.2) is 0 Å². The van der Waals surface area contributed by atoms with E-state index in [4.69, 9.17) is 5.73 Å². The molecule has 2 aliphatic carbocycles. The Labute approximate surface area is 130 Å². The number of nitrogens with one attached hydrogen (secondary N) is 1. The highest BCUT2D eigenvalue weighted by molar-refractivity contribution is 5.79.